The summed E-state index contributed by atoms with van der Waals surface area (Å²) < 4.78 is 5.38. The third-order valence-corrected chi connectivity index (χ3v) is 4.07. The van der Waals surface area contributed by atoms with Crippen molar-refractivity contribution in [3.63, 3.8) is 0 Å². The number of aliphatic imine (C=N–C) groups is 1. The third kappa shape index (κ3) is 4.57. The Morgan fingerprint density at radius 3 is 2.83 bits per heavy atom. The molecule has 0 aromatic heterocycles. The predicted molar refractivity (Wildman–Crippen MR) is 91.1 cm³/mol. The Morgan fingerprint density at radius 2 is 2.12 bits per heavy atom. The van der Waals surface area contributed by atoms with Crippen LogP contribution in [-0.2, 0) is 9.53 Å². The van der Waals surface area contributed by atoms with Gasteiger partial charge < -0.3 is 15.2 Å². The molecule has 2 atom stereocenters. The molecule has 1 aliphatic rings. The van der Waals surface area contributed by atoms with Crippen molar-refractivity contribution < 1.29 is 19.4 Å². The summed E-state index contributed by atoms with van der Waals surface area (Å²) in [6.45, 7) is 4.14. The van der Waals surface area contributed by atoms with E-state index in [0.29, 0.717) is 17.9 Å². The van der Waals surface area contributed by atoms with Crippen molar-refractivity contribution in [2.75, 3.05) is 6.61 Å². The monoisotopic (exact) mass is 332 g/mol. The molecule has 2 unspecified atom stereocenters. The highest BCUT2D eigenvalue weighted by Gasteiger charge is 2.38. The van der Waals surface area contributed by atoms with Gasteiger partial charge in [0.2, 0.25) is 0 Å². The van der Waals surface area contributed by atoms with Gasteiger partial charge in [-0.3, -0.25) is 4.79 Å². The van der Waals surface area contributed by atoms with Crippen molar-refractivity contribution in [3.8, 4) is 5.75 Å². The number of hydrogen-bond donors (Lipinski definition) is 2. The molecule has 1 heterocycles. The zero-order valence-electron chi connectivity index (χ0n) is 14.1. The lowest BCUT2D eigenvalue weighted by atomic mass is 9.88. The third-order valence-electron chi connectivity index (χ3n) is 4.07. The summed E-state index contributed by atoms with van der Waals surface area (Å²) in [5, 5.41) is 12.4. The van der Waals surface area contributed by atoms with Crippen LogP contribution in [-0.4, -0.2) is 29.4 Å². The van der Waals surface area contributed by atoms with Crippen LogP contribution in [0.1, 0.15) is 51.1 Å². The van der Waals surface area contributed by atoms with Crippen LogP contribution in [0.2, 0.25) is 0 Å². The van der Waals surface area contributed by atoms with E-state index < -0.39 is 24.0 Å². The van der Waals surface area contributed by atoms with Gasteiger partial charge in [-0.05, 0) is 31.0 Å². The largest absolute Gasteiger partial charge is 0.508 e. The first kappa shape index (κ1) is 18.0. The fourth-order valence-corrected chi connectivity index (χ4v) is 2.81. The van der Waals surface area contributed by atoms with Gasteiger partial charge in [0.05, 0.1) is 12.6 Å². The highest BCUT2D eigenvalue weighted by molar-refractivity contribution is 6.08. The van der Waals surface area contributed by atoms with Crippen molar-refractivity contribution in [1.82, 2.24) is 5.32 Å². The molecular formula is C18H24N2O4. The predicted octanol–water partition coefficient (Wildman–Crippen LogP) is 3.36. The van der Waals surface area contributed by atoms with E-state index in [0.717, 1.165) is 25.7 Å². The van der Waals surface area contributed by atoms with Crippen molar-refractivity contribution in [3.05, 3.63) is 29.8 Å². The second-order valence-electron chi connectivity index (χ2n) is 5.98. The lowest BCUT2D eigenvalue weighted by molar-refractivity contribution is -0.147. The zero-order chi connectivity index (χ0) is 17.5. The van der Waals surface area contributed by atoms with Gasteiger partial charge in [0, 0.05) is 5.71 Å². The number of urea groups is 1. The molecule has 0 radical (unpaired) electrons. The molecule has 1 aromatic rings. The molecule has 0 fully saturated rings. The molecule has 0 spiro atoms. The van der Waals surface area contributed by atoms with Gasteiger partial charge in [0.25, 0.3) is 0 Å². The van der Waals surface area contributed by atoms with E-state index in [9.17, 15) is 14.7 Å². The van der Waals surface area contributed by atoms with Gasteiger partial charge >= 0.3 is 12.0 Å². The maximum absolute atomic E-state index is 12.5. The van der Waals surface area contributed by atoms with Crippen LogP contribution in [0.25, 0.3) is 0 Å². The number of rotatable bonds is 7. The molecule has 24 heavy (non-hydrogen) atoms. The number of nitrogens with one attached hydrogen (secondary N) is 1. The van der Waals surface area contributed by atoms with E-state index in [1.165, 1.54) is 12.1 Å². The van der Waals surface area contributed by atoms with Crippen LogP contribution < -0.4 is 5.32 Å². The Bertz CT molecular complexity index is 627. The van der Waals surface area contributed by atoms with Crippen LogP contribution in [0.15, 0.2) is 29.3 Å². The topological polar surface area (TPSA) is 88.0 Å². The van der Waals surface area contributed by atoms with E-state index in [4.69, 9.17) is 4.74 Å². The minimum atomic E-state index is -0.685. The summed E-state index contributed by atoms with van der Waals surface area (Å²) in [6, 6.07) is 5.41. The number of unbranched alkanes of at least 4 members (excludes halogenated alkanes) is 3. The molecular weight excluding hydrogens is 308 g/mol. The molecule has 2 rings (SSSR count). The molecule has 0 aliphatic carbocycles. The van der Waals surface area contributed by atoms with Crippen molar-refractivity contribution >= 4 is 17.7 Å². The number of amides is 2. The van der Waals surface area contributed by atoms with Gasteiger partial charge in [-0.25, -0.2) is 9.79 Å². The molecule has 1 aromatic carbocycles. The van der Waals surface area contributed by atoms with Gasteiger partial charge in [0.15, 0.2) is 0 Å². The second kappa shape index (κ2) is 8.47. The average Bonchev–Trinajstić information content (AvgIpc) is 2.53. The Hall–Kier alpha value is -2.37. The summed E-state index contributed by atoms with van der Waals surface area (Å²) in [6.07, 6.45) is 4.08. The maximum atomic E-state index is 12.5. The molecule has 6 heteroatoms. The maximum Gasteiger partial charge on any atom is 0.341 e. The van der Waals surface area contributed by atoms with Crippen molar-refractivity contribution in [2.24, 2.45) is 10.9 Å². The Labute approximate surface area is 141 Å². The van der Waals surface area contributed by atoms with E-state index in [2.05, 4.69) is 17.2 Å². The second-order valence-corrected chi connectivity index (χ2v) is 5.98. The van der Waals surface area contributed by atoms with Crippen LogP contribution in [0, 0.1) is 5.92 Å². The van der Waals surface area contributed by atoms with Crippen molar-refractivity contribution in [1.29, 1.82) is 0 Å². The van der Waals surface area contributed by atoms with E-state index in [1.807, 2.05) is 0 Å². The molecule has 2 N–H and O–H groups in total. The number of hydrogen-bond acceptors (Lipinski definition) is 4. The average molecular weight is 332 g/mol. The summed E-state index contributed by atoms with van der Waals surface area (Å²) in [7, 11) is 0. The van der Waals surface area contributed by atoms with Gasteiger partial charge in [0.1, 0.15) is 11.7 Å². The molecule has 1 aliphatic heterocycles. The number of aromatic hydroxyl groups is 1. The fourth-order valence-electron chi connectivity index (χ4n) is 2.81. The highest BCUT2D eigenvalue weighted by Crippen LogP contribution is 2.29. The van der Waals surface area contributed by atoms with Gasteiger partial charge in [-0.15, -0.1) is 0 Å². The molecule has 6 nitrogen and oxygen atoms in total. The number of benzene rings is 1. The number of phenolic OH excluding ortho intramolecular Hbond substituents is 1. The minimum absolute atomic E-state index is 0.0774. The van der Waals surface area contributed by atoms with Crippen LogP contribution in [0.5, 0.6) is 5.75 Å². The summed E-state index contributed by atoms with van der Waals surface area (Å²) in [5.74, 6) is -1.01. The zero-order valence-corrected chi connectivity index (χ0v) is 14.1. The molecule has 2 amide bonds. The quantitative estimate of drug-likeness (QED) is 0.592. The number of carbonyl (C=O) groups excluding carboxylic acids is 2. The first-order chi connectivity index (χ1) is 11.5. The van der Waals surface area contributed by atoms with E-state index in [-0.39, 0.29) is 5.75 Å². The van der Waals surface area contributed by atoms with Crippen molar-refractivity contribution in [2.45, 2.75) is 45.6 Å². The standard InChI is InChI=1S/C18H24N2O4/c1-3-4-5-6-10-24-17(22)15-12(2)19-18(23)20-16(15)13-8-7-9-14(21)11-13/h7-9,11,15-16,21H,3-6,10H2,1-2H3,(H,20,23). The summed E-state index contributed by atoms with van der Waals surface area (Å²) in [5.41, 5.74) is 1.07. The first-order valence-corrected chi connectivity index (χ1v) is 8.34. The number of nitrogens with zero attached hydrogens (tertiary/aromatic N) is 1. The molecule has 130 valence electrons. The smallest absolute Gasteiger partial charge is 0.341 e. The normalized spacial score (nSPS) is 20.2. The van der Waals surface area contributed by atoms with Gasteiger partial charge in [-0.1, -0.05) is 38.3 Å². The molecule has 0 saturated heterocycles. The minimum Gasteiger partial charge on any atom is -0.508 e. The summed E-state index contributed by atoms with van der Waals surface area (Å²) >= 11 is 0. The number of ether oxygens (including phenoxy) is 1. The molecule has 0 saturated carbocycles. The summed E-state index contributed by atoms with van der Waals surface area (Å²) in [4.78, 5) is 28.1. The van der Waals surface area contributed by atoms with E-state index >= 15 is 0 Å². The lowest BCUT2D eigenvalue weighted by Gasteiger charge is -2.29. The SMILES string of the molecule is CCCCCCOC(=O)C1C(C)=NC(=O)NC1c1cccc(O)c1. The number of phenols is 1. The highest BCUT2D eigenvalue weighted by atomic mass is 16.5. The van der Waals surface area contributed by atoms with Gasteiger partial charge in [-0.2, -0.15) is 0 Å². The Balaban J connectivity index is 2.11. The Morgan fingerprint density at radius 1 is 1.33 bits per heavy atom. The lowest BCUT2D eigenvalue weighted by Crippen LogP contribution is -2.44. The molecule has 0 bridgehead atoms. The Kier molecular flexibility index (Phi) is 6.35. The van der Waals surface area contributed by atoms with Crippen LogP contribution >= 0.6 is 0 Å². The number of carbonyl (C=O) groups is 2. The van der Waals surface area contributed by atoms with Crippen LogP contribution in [0.4, 0.5) is 4.79 Å². The fraction of sp³-hybridized carbons (Fsp3) is 0.500. The van der Waals surface area contributed by atoms with E-state index in [1.54, 1.807) is 19.1 Å². The number of esters is 1. The van der Waals surface area contributed by atoms with Crippen LogP contribution in [0.3, 0.4) is 0 Å². The first-order valence-electron chi connectivity index (χ1n) is 8.34.